The van der Waals surface area contributed by atoms with E-state index >= 15 is 0 Å². The molecule has 0 aromatic heterocycles. The number of ether oxygens (including phenoxy) is 1. The molecule has 1 N–H and O–H groups in total. The van der Waals surface area contributed by atoms with Gasteiger partial charge in [-0.15, -0.1) is 24.0 Å². The van der Waals surface area contributed by atoms with Crippen molar-refractivity contribution in [2.75, 3.05) is 38.6 Å². The Balaban J connectivity index is 0.00000320. The number of sulfone groups is 1. The molecule has 2 atom stereocenters. The summed E-state index contributed by atoms with van der Waals surface area (Å²) >= 11 is 0. The number of aryl methyl sites for hydroxylation is 2. The molecule has 8 heteroatoms. The highest BCUT2D eigenvalue weighted by molar-refractivity contribution is 14.0. The zero-order valence-corrected chi connectivity index (χ0v) is 21.8. The lowest BCUT2D eigenvalue weighted by Crippen LogP contribution is -2.48. The van der Waals surface area contributed by atoms with E-state index in [1.165, 1.54) is 0 Å². The molecular formula is C22H36IN3O3S. The minimum atomic E-state index is -3.37. The van der Waals surface area contributed by atoms with Crippen LogP contribution in [0.25, 0.3) is 0 Å². The first-order valence-electron chi connectivity index (χ1n) is 10.7. The first-order valence-corrected chi connectivity index (χ1v) is 12.4. The molecule has 2 aliphatic rings. The number of rotatable bonds is 6. The van der Waals surface area contributed by atoms with Crippen molar-refractivity contribution in [3.8, 4) is 0 Å². The van der Waals surface area contributed by atoms with Crippen molar-refractivity contribution in [2.45, 2.75) is 57.9 Å². The van der Waals surface area contributed by atoms with E-state index in [-0.39, 0.29) is 41.2 Å². The standard InChI is InChI=1S/C22H35N3O3S.HI/c1-5-19(14-29(26,27)20-8-7-17(3)18(4)13-20)24-21(23-6-2)25-11-9-22(15-25)10-12-28-16-22;/h7-8,13,19H,5-6,9-12,14-16H2,1-4H3,(H,23,24);1H. The van der Waals surface area contributed by atoms with Crippen molar-refractivity contribution in [3.63, 3.8) is 0 Å². The molecule has 170 valence electrons. The van der Waals surface area contributed by atoms with Crippen LogP contribution in [0.1, 0.15) is 44.2 Å². The molecule has 0 bridgehead atoms. The Hall–Kier alpha value is -0.870. The number of benzene rings is 1. The highest BCUT2D eigenvalue weighted by atomic mass is 127. The minimum absolute atomic E-state index is 0. The van der Waals surface area contributed by atoms with Gasteiger partial charge in [0.15, 0.2) is 15.8 Å². The normalized spacial score (nSPS) is 22.9. The molecule has 2 fully saturated rings. The molecule has 1 aromatic carbocycles. The van der Waals surface area contributed by atoms with Gasteiger partial charge in [-0.2, -0.15) is 0 Å². The summed E-state index contributed by atoms with van der Waals surface area (Å²) < 4.78 is 31.7. The van der Waals surface area contributed by atoms with Crippen LogP contribution in [0.4, 0.5) is 0 Å². The second kappa shape index (κ2) is 10.6. The van der Waals surface area contributed by atoms with E-state index in [2.05, 4.69) is 15.2 Å². The summed E-state index contributed by atoms with van der Waals surface area (Å²) in [5.41, 5.74) is 2.34. The van der Waals surface area contributed by atoms with Gasteiger partial charge in [0.25, 0.3) is 0 Å². The Morgan fingerprint density at radius 2 is 2.03 bits per heavy atom. The lowest BCUT2D eigenvalue weighted by atomic mass is 9.87. The summed E-state index contributed by atoms with van der Waals surface area (Å²) in [6, 6.07) is 5.20. The van der Waals surface area contributed by atoms with Gasteiger partial charge >= 0.3 is 0 Å². The summed E-state index contributed by atoms with van der Waals surface area (Å²) in [5.74, 6) is 0.898. The predicted molar refractivity (Wildman–Crippen MR) is 133 cm³/mol. The molecule has 3 rings (SSSR count). The lowest BCUT2D eigenvalue weighted by molar-refractivity contribution is 0.156. The van der Waals surface area contributed by atoms with Gasteiger partial charge in [0.1, 0.15) is 0 Å². The Labute approximate surface area is 198 Å². The molecule has 6 nitrogen and oxygen atoms in total. The Bertz CT molecular complexity index is 851. The quantitative estimate of drug-likeness (QED) is 0.334. The average Bonchev–Trinajstić information content (AvgIpc) is 3.32. The van der Waals surface area contributed by atoms with Gasteiger partial charge in [-0.3, -0.25) is 4.99 Å². The van der Waals surface area contributed by atoms with E-state index in [4.69, 9.17) is 4.74 Å². The van der Waals surface area contributed by atoms with Crippen LogP contribution in [0.2, 0.25) is 0 Å². The van der Waals surface area contributed by atoms with E-state index < -0.39 is 9.84 Å². The van der Waals surface area contributed by atoms with Crippen LogP contribution in [0.3, 0.4) is 0 Å². The molecule has 0 aliphatic carbocycles. The Morgan fingerprint density at radius 1 is 1.27 bits per heavy atom. The second-order valence-electron chi connectivity index (χ2n) is 8.55. The molecule has 0 amide bonds. The van der Waals surface area contributed by atoms with Crippen LogP contribution in [0.15, 0.2) is 28.1 Å². The fourth-order valence-electron chi connectivity index (χ4n) is 4.19. The maximum Gasteiger partial charge on any atom is 0.194 e. The zero-order valence-electron chi connectivity index (χ0n) is 18.6. The topological polar surface area (TPSA) is 71.0 Å². The molecule has 2 heterocycles. The highest BCUT2D eigenvalue weighted by Crippen LogP contribution is 2.38. The van der Waals surface area contributed by atoms with Crippen LogP contribution >= 0.6 is 24.0 Å². The van der Waals surface area contributed by atoms with Crippen molar-refractivity contribution in [3.05, 3.63) is 29.3 Å². The third-order valence-corrected chi connectivity index (χ3v) is 8.13. The average molecular weight is 550 g/mol. The van der Waals surface area contributed by atoms with Crippen molar-refractivity contribution in [1.82, 2.24) is 10.2 Å². The monoisotopic (exact) mass is 549 g/mol. The van der Waals surface area contributed by atoms with E-state index in [9.17, 15) is 8.42 Å². The van der Waals surface area contributed by atoms with Gasteiger partial charge in [-0.1, -0.05) is 13.0 Å². The maximum absolute atomic E-state index is 13.0. The van der Waals surface area contributed by atoms with Gasteiger partial charge < -0.3 is 15.0 Å². The minimum Gasteiger partial charge on any atom is -0.381 e. The third-order valence-electron chi connectivity index (χ3n) is 6.31. The van der Waals surface area contributed by atoms with E-state index in [0.717, 1.165) is 62.7 Å². The van der Waals surface area contributed by atoms with E-state index in [1.807, 2.05) is 33.8 Å². The molecule has 2 aliphatic heterocycles. The summed E-state index contributed by atoms with van der Waals surface area (Å²) in [6.07, 6.45) is 2.92. The number of hydrogen-bond donors (Lipinski definition) is 1. The molecule has 1 spiro atoms. The smallest absolute Gasteiger partial charge is 0.194 e. The van der Waals surface area contributed by atoms with E-state index in [1.54, 1.807) is 12.1 Å². The summed E-state index contributed by atoms with van der Waals surface area (Å²) in [6.45, 7) is 12.2. The second-order valence-corrected chi connectivity index (χ2v) is 10.6. The predicted octanol–water partition coefficient (Wildman–Crippen LogP) is 3.55. The molecule has 2 unspecified atom stereocenters. The SMILES string of the molecule is CCN=C(NC(CC)CS(=O)(=O)c1ccc(C)c(C)c1)N1CCC2(CCOC2)C1.I. The summed E-state index contributed by atoms with van der Waals surface area (Å²) in [5, 5.41) is 3.46. The number of halogens is 1. The fourth-order valence-corrected chi connectivity index (χ4v) is 5.86. The molecule has 0 radical (unpaired) electrons. The van der Waals surface area contributed by atoms with Crippen molar-refractivity contribution in [1.29, 1.82) is 0 Å². The van der Waals surface area contributed by atoms with Crippen LogP contribution in [-0.2, 0) is 14.6 Å². The van der Waals surface area contributed by atoms with Crippen molar-refractivity contribution in [2.24, 2.45) is 10.4 Å². The van der Waals surface area contributed by atoms with Crippen LogP contribution in [0, 0.1) is 19.3 Å². The number of guanidine groups is 1. The van der Waals surface area contributed by atoms with Crippen LogP contribution < -0.4 is 5.32 Å². The van der Waals surface area contributed by atoms with E-state index in [0.29, 0.717) is 11.4 Å². The van der Waals surface area contributed by atoms with Crippen molar-refractivity contribution >= 4 is 39.8 Å². The number of nitrogens with zero attached hydrogens (tertiary/aromatic N) is 2. The van der Waals surface area contributed by atoms with Gasteiger partial charge in [-0.25, -0.2) is 8.42 Å². The number of nitrogens with one attached hydrogen (secondary N) is 1. The highest BCUT2D eigenvalue weighted by Gasteiger charge is 2.42. The zero-order chi connectivity index (χ0) is 21.1. The molecule has 30 heavy (non-hydrogen) atoms. The van der Waals surface area contributed by atoms with Gasteiger partial charge in [0.2, 0.25) is 0 Å². The molecule has 2 saturated heterocycles. The molecule has 0 saturated carbocycles. The molecular weight excluding hydrogens is 513 g/mol. The van der Waals surface area contributed by atoms with Crippen LogP contribution in [0.5, 0.6) is 0 Å². The maximum atomic E-state index is 13.0. The third kappa shape index (κ3) is 5.88. The first-order chi connectivity index (χ1) is 13.8. The number of aliphatic imine (C=N–C) groups is 1. The molecule has 1 aromatic rings. The summed E-state index contributed by atoms with van der Waals surface area (Å²) in [4.78, 5) is 7.35. The lowest BCUT2D eigenvalue weighted by Gasteiger charge is -2.28. The van der Waals surface area contributed by atoms with Crippen molar-refractivity contribution < 1.29 is 13.2 Å². The Kier molecular flexibility index (Phi) is 9.00. The van der Waals surface area contributed by atoms with Gasteiger partial charge in [0, 0.05) is 37.7 Å². The number of hydrogen-bond acceptors (Lipinski definition) is 4. The Morgan fingerprint density at radius 3 is 2.63 bits per heavy atom. The number of likely N-dealkylation sites (tertiary alicyclic amines) is 1. The fraction of sp³-hybridized carbons (Fsp3) is 0.682. The summed E-state index contributed by atoms with van der Waals surface area (Å²) in [7, 11) is -3.37. The van der Waals surface area contributed by atoms with Gasteiger partial charge in [-0.05, 0) is 63.3 Å². The van der Waals surface area contributed by atoms with Gasteiger partial charge in [0.05, 0.1) is 17.3 Å². The first kappa shape index (κ1) is 25.4. The largest absolute Gasteiger partial charge is 0.381 e. The van der Waals surface area contributed by atoms with Crippen LogP contribution in [-0.4, -0.2) is 63.9 Å².